The summed E-state index contributed by atoms with van der Waals surface area (Å²) in [5.41, 5.74) is 7.84. The molecule has 0 spiro atoms. The highest BCUT2D eigenvalue weighted by Crippen LogP contribution is 2.35. The summed E-state index contributed by atoms with van der Waals surface area (Å²) >= 11 is 0. The summed E-state index contributed by atoms with van der Waals surface area (Å²) in [5.74, 6) is 0.214. The van der Waals surface area contributed by atoms with Gasteiger partial charge in [0, 0.05) is 31.3 Å². The van der Waals surface area contributed by atoms with Gasteiger partial charge in [0.2, 0.25) is 5.88 Å². The molecule has 0 saturated carbocycles. The van der Waals surface area contributed by atoms with E-state index in [9.17, 15) is 9.90 Å². The van der Waals surface area contributed by atoms with Crippen molar-refractivity contribution in [1.29, 1.82) is 0 Å². The van der Waals surface area contributed by atoms with E-state index >= 15 is 0 Å². The van der Waals surface area contributed by atoms with Crippen LogP contribution in [0.1, 0.15) is 44.6 Å². The highest BCUT2D eigenvalue weighted by Gasteiger charge is 2.28. The van der Waals surface area contributed by atoms with Crippen LogP contribution in [0.3, 0.4) is 0 Å². The molecule has 9 nitrogen and oxygen atoms in total. The van der Waals surface area contributed by atoms with Crippen molar-refractivity contribution < 1.29 is 24.1 Å². The molecule has 1 fully saturated rings. The number of rotatable bonds is 8. The van der Waals surface area contributed by atoms with Crippen molar-refractivity contribution in [2.45, 2.75) is 45.9 Å². The van der Waals surface area contributed by atoms with Crippen molar-refractivity contribution >= 4 is 5.97 Å². The highest BCUT2D eigenvalue weighted by atomic mass is 16.5. The zero-order valence-electron chi connectivity index (χ0n) is 23.6. The average Bonchev–Trinajstić information content (AvgIpc) is 3.68. The molecule has 1 saturated heterocycles. The minimum Gasteiger partial charge on any atom is -0.488 e. The predicted molar refractivity (Wildman–Crippen MR) is 154 cm³/mol. The van der Waals surface area contributed by atoms with Crippen LogP contribution in [0.15, 0.2) is 54.7 Å². The number of para-hydroxylation sites is 1. The first kappa shape index (κ1) is 27.0. The van der Waals surface area contributed by atoms with Gasteiger partial charge in [0.15, 0.2) is 5.82 Å². The van der Waals surface area contributed by atoms with E-state index < -0.39 is 5.97 Å². The monoisotopic (exact) mass is 554 g/mol. The molecular weight excluding hydrogens is 520 g/mol. The fourth-order valence-corrected chi connectivity index (χ4v) is 5.92. The van der Waals surface area contributed by atoms with Crippen LogP contribution in [0.25, 0.3) is 17.1 Å². The number of hydrogen-bond donors (Lipinski definition) is 1. The van der Waals surface area contributed by atoms with Gasteiger partial charge in [-0.3, -0.25) is 4.90 Å². The minimum atomic E-state index is -1.11. The fraction of sp³-hybridized carbons (Fsp3) is 0.344. The number of fused-ring (bicyclic) bond motifs is 1. The van der Waals surface area contributed by atoms with Gasteiger partial charge in [-0.15, -0.1) is 0 Å². The summed E-state index contributed by atoms with van der Waals surface area (Å²) in [6.45, 7) is 8.43. The summed E-state index contributed by atoms with van der Waals surface area (Å²) in [7, 11) is 1.42. The molecule has 0 radical (unpaired) electrons. The molecule has 0 aliphatic carbocycles. The van der Waals surface area contributed by atoms with E-state index in [1.165, 1.54) is 40.2 Å². The van der Waals surface area contributed by atoms with E-state index in [2.05, 4.69) is 29.1 Å². The summed E-state index contributed by atoms with van der Waals surface area (Å²) in [5, 5.41) is 13.7. The molecule has 4 aromatic rings. The van der Waals surface area contributed by atoms with Crippen molar-refractivity contribution in [1.82, 2.24) is 19.7 Å². The van der Waals surface area contributed by atoms with Crippen molar-refractivity contribution in [3.05, 3.63) is 88.1 Å². The lowest BCUT2D eigenvalue weighted by atomic mass is 9.91. The molecule has 1 unspecified atom stereocenters. The molecule has 41 heavy (non-hydrogen) atoms. The Morgan fingerprint density at radius 1 is 1.15 bits per heavy atom. The smallest absolute Gasteiger partial charge is 0.342 e. The number of carboxylic acids is 1. The lowest BCUT2D eigenvalue weighted by Crippen LogP contribution is -2.39. The molecule has 1 atom stereocenters. The van der Waals surface area contributed by atoms with Gasteiger partial charge < -0.3 is 19.3 Å². The zero-order valence-corrected chi connectivity index (χ0v) is 23.6. The first-order valence-corrected chi connectivity index (χ1v) is 13.9. The number of methoxy groups -OCH3 is 1. The van der Waals surface area contributed by atoms with Gasteiger partial charge in [-0.2, -0.15) is 9.78 Å². The van der Waals surface area contributed by atoms with Crippen LogP contribution in [-0.2, 0) is 24.3 Å². The van der Waals surface area contributed by atoms with Gasteiger partial charge in [-0.25, -0.2) is 9.78 Å². The maximum absolute atomic E-state index is 11.6. The summed E-state index contributed by atoms with van der Waals surface area (Å²) < 4.78 is 18.9. The van der Waals surface area contributed by atoms with Crippen LogP contribution in [-0.4, -0.2) is 63.7 Å². The third kappa shape index (κ3) is 5.18. The quantitative estimate of drug-likeness (QED) is 0.326. The molecule has 0 amide bonds. The van der Waals surface area contributed by atoms with Crippen molar-refractivity contribution in [2.24, 2.45) is 0 Å². The Hall–Kier alpha value is -4.21. The van der Waals surface area contributed by atoms with Gasteiger partial charge in [0.25, 0.3) is 0 Å². The van der Waals surface area contributed by atoms with E-state index in [1.807, 2.05) is 37.3 Å². The number of hydrogen-bond acceptors (Lipinski definition) is 7. The Kier molecular flexibility index (Phi) is 7.47. The second-order valence-electron chi connectivity index (χ2n) is 10.6. The molecule has 6 rings (SSSR count). The second kappa shape index (κ2) is 11.3. The lowest BCUT2D eigenvalue weighted by Gasteiger charge is -2.34. The first-order chi connectivity index (χ1) is 19.9. The number of aromatic carboxylic acids is 1. The Balaban J connectivity index is 1.25. The lowest BCUT2D eigenvalue weighted by molar-refractivity contribution is 0.0693. The highest BCUT2D eigenvalue weighted by molar-refractivity contribution is 5.90. The zero-order chi connectivity index (χ0) is 28.5. The van der Waals surface area contributed by atoms with Crippen molar-refractivity contribution in [2.75, 3.05) is 26.9 Å². The largest absolute Gasteiger partial charge is 0.488 e. The minimum absolute atomic E-state index is 0.0278. The number of ether oxygens (including phenoxy) is 3. The van der Waals surface area contributed by atoms with Crippen LogP contribution in [0.5, 0.6) is 11.6 Å². The summed E-state index contributed by atoms with van der Waals surface area (Å²) in [6, 6.07) is 16.5. The van der Waals surface area contributed by atoms with Crippen LogP contribution in [0, 0.1) is 13.8 Å². The molecule has 2 aromatic carbocycles. The molecule has 2 aliphatic rings. The molecule has 0 bridgehead atoms. The Bertz CT molecular complexity index is 1590. The third-order valence-corrected chi connectivity index (χ3v) is 8.21. The molecule has 1 N–H and O–H groups in total. The number of aryl methyl sites for hydroxylation is 1. The number of benzene rings is 2. The SMILES string of the molecule is COc1c(C(=O)O)cnn1-c1cccc(-c2cccc(C)c2OCc2ccc3c(c2C)CCN(C2CCOC2)C3)n1. The fourth-order valence-electron chi connectivity index (χ4n) is 5.92. The van der Waals surface area contributed by atoms with E-state index in [4.69, 9.17) is 19.2 Å². The average molecular weight is 555 g/mol. The normalized spacial score (nSPS) is 16.9. The standard InChI is InChI=1S/C32H34N4O5/c1-20-6-4-7-26(28-8-5-9-29(34-28)36-31(39-3)27(16-33-36)32(37)38)30(20)41-18-23-11-10-22-17-35(24-13-15-40-19-24)14-12-25(22)21(23)2/h4-11,16,24H,12-15,17-19H2,1-3H3,(H,37,38). The molecular formula is C32H34N4O5. The topological polar surface area (TPSA) is 98.9 Å². The predicted octanol–water partition coefficient (Wildman–Crippen LogP) is 4.98. The maximum Gasteiger partial charge on any atom is 0.342 e. The van der Waals surface area contributed by atoms with E-state index in [-0.39, 0.29) is 11.4 Å². The van der Waals surface area contributed by atoms with Crippen LogP contribution >= 0.6 is 0 Å². The maximum atomic E-state index is 11.6. The van der Waals surface area contributed by atoms with Crippen LogP contribution < -0.4 is 9.47 Å². The molecule has 4 heterocycles. The summed E-state index contributed by atoms with van der Waals surface area (Å²) in [4.78, 5) is 18.9. The molecule has 2 aliphatic heterocycles. The van der Waals surface area contributed by atoms with E-state index in [0.717, 1.165) is 56.0 Å². The van der Waals surface area contributed by atoms with E-state index in [0.29, 0.717) is 24.2 Å². The number of nitrogens with zero attached hydrogens (tertiary/aromatic N) is 4. The van der Waals surface area contributed by atoms with Crippen molar-refractivity contribution in [3.63, 3.8) is 0 Å². The molecule has 212 valence electrons. The first-order valence-electron chi connectivity index (χ1n) is 13.9. The van der Waals surface area contributed by atoms with Gasteiger partial charge in [0.05, 0.1) is 25.6 Å². The van der Waals surface area contributed by atoms with E-state index in [1.54, 1.807) is 6.07 Å². The number of carboxylic acid groups (broad SMARTS) is 1. The summed E-state index contributed by atoms with van der Waals surface area (Å²) in [6.07, 6.45) is 3.42. The Morgan fingerprint density at radius 3 is 2.78 bits per heavy atom. The molecule has 9 heteroatoms. The van der Waals surface area contributed by atoms with Gasteiger partial charge in [0.1, 0.15) is 17.9 Å². The van der Waals surface area contributed by atoms with Gasteiger partial charge >= 0.3 is 5.97 Å². The number of carbonyl (C=O) groups is 1. The van der Waals surface area contributed by atoms with Crippen LogP contribution in [0.4, 0.5) is 0 Å². The van der Waals surface area contributed by atoms with Gasteiger partial charge in [-0.05, 0) is 72.7 Å². The molecule has 2 aromatic heterocycles. The Morgan fingerprint density at radius 2 is 2.00 bits per heavy atom. The Labute approximate surface area is 239 Å². The number of aromatic nitrogens is 3. The van der Waals surface area contributed by atoms with Gasteiger partial charge in [-0.1, -0.05) is 30.3 Å². The second-order valence-corrected chi connectivity index (χ2v) is 10.6. The number of pyridine rings is 1. The van der Waals surface area contributed by atoms with Crippen LogP contribution in [0.2, 0.25) is 0 Å². The third-order valence-electron chi connectivity index (χ3n) is 8.21. The van der Waals surface area contributed by atoms with Crippen molar-refractivity contribution in [3.8, 4) is 28.7 Å².